The lowest BCUT2D eigenvalue weighted by atomic mass is 9.93. The van der Waals surface area contributed by atoms with Crippen LogP contribution in [0.4, 0.5) is 0 Å². The molecule has 6 heteroatoms. The van der Waals surface area contributed by atoms with E-state index >= 15 is 0 Å². The van der Waals surface area contributed by atoms with Crippen LogP contribution >= 0.6 is 11.3 Å². The van der Waals surface area contributed by atoms with Crippen molar-refractivity contribution in [2.75, 3.05) is 13.1 Å². The number of amides is 2. The molecule has 1 unspecified atom stereocenters. The Balaban J connectivity index is 1.30. The summed E-state index contributed by atoms with van der Waals surface area (Å²) in [6.07, 6.45) is 2.21. The van der Waals surface area contributed by atoms with Crippen LogP contribution in [-0.2, 0) is 4.79 Å². The highest BCUT2D eigenvalue weighted by atomic mass is 32.1. The van der Waals surface area contributed by atoms with E-state index < -0.39 is 0 Å². The minimum atomic E-state index is -0.00241. The summed E-state index contributed by atoms with van der Waals surface area (Å²) in [5.74, 6) is 0.448. The van der Waals surface area contributed by atoms with E-state index in [0.29, 0.717) is 25.4 Å². The third-order valence-corrected chi connectivity index (χ3v) is 7.54. The van der Waals surface area contributed by atoms with Crippen molar-refractivity contribution < 1.29 is 9.59 Å². The Kier molecular flexibility index (Phi) is 7.23. The van der Waals surface area contributed by atoms with Crippen LogP contribution in [0.1, 0.15) is 58.7 Å². The number of hydrogen-bond donors (Lipinski definition) is 1. The summed E-state index contributed by atoms with van der Waals surface area (Å²) in [5, 5.41) is 3.99. The van der Waals surface area contributed by atoms with Crippen molar-refractivity contribution in [3.05, 3.63) is 76.3 Å². The monoisotopic (exact) mass is 461 g/mol. The highest BCUT2D eigenvalue weighted by molar-refractivity contribution is 7.17. The van der Waals surface area contributed by atoms with Crippen LogP contribution in [0.5, 0.6) is 0 Å². The standard InChI is InChI=1S/C27H31N3O2S/c1-18-9-11-23(12-10-18)26-29-20(3)25(33-26)27(32)30-15-13-21(14-16-30)17-24(31)28-19(2)22-7-5-4-6-8-22/h4-12,19,21H,13-17H2,1-3H3,(H,28,31). The smallest absolute Gasteiger partial charge is 0.265 e. The summed E-state index contributed by atoms with van der Waals surface area (Å²) in [7, 11) is 0. The van der Waals surface area contributed by atoms with Crippen molar-refractivity contribution in [2.24, 2.45) is 5.92 Å². The van der Waals surface area contributed by atoms with Crippen molar-refractivity contribution in [3.63, 3.8) is 0 Å². The average molecular weight is 462 g/mol. The summed E-state index contributed by atoms with van der Waals surface area (Å²) in [6, 6.07) is 18.2. The maximum absolute atomic E-state index is 13.2. The largest absolute Gasteiger partial charge is 0.350 e. The second kappa shape index (κ2) is 10.3. The van der Waals surface area contributed by atoms with Crippen LogP contribution in [0.25, 0.3) is 10.6 Å². The molecule has 3 aromatic rings. The molecule has 2 aromatic carbocycles. The van der Waals surface area contributed by atoms with E-state index in [1.54, 1.807) is 0 Å². The third-order valence-electron chi connectivity index (χ3n) is 6.34. The molecular weight excluding hydrogens is 430 g/mol. The van der Waals surface area contributed by atoms with Crippen LogP contribution in [0.3, 0.4) is 0 Å². The molecule has 0 aliphatic carbocycles. The highest BCUT2D eigenvalue weighted by Crippen LogP contribution is 2.30. The third kappa shape index (κ3) is 5.69. The average Bonchev–Trinajstić information content (AvgIpc) is 3.21. The molecule has 0 radical (unpaired) electrons. The maximum Gasteiger partial charge on any atom is 0.265 e. The fraction of sp³-hybridized carbons (Fsp3) is 0.370. The Labute approximate surface area is 199 Å². The van der Waals surface area contributed by atoms with Crippen LogP contribution in [0.2, 0.25) is 0 Å². The molecule has 1 aliphatic rings. The molecular formula is C27H31N3O2S. The summed E-state index contributed by atoms with van der Waals surface area (Å²) < 4.78 is 0. The number of rotatable bonds is 6. The van der Waals surface area contributed by atoms with Crippen molar-refractivity contribution >= 4 is 23.2 Å². The molecule has 4 rings (SSSR count). The molecule has 1 atom stereocenters. The van der Waals surface area contributed by atoms with Crippen molar-refractivity contribution in [3.8, 4) is 10.6 Å². The predicted octanol–water partition coefficient (Wildman–Crippen LogP) is 5.55. The number of benzene rings is 2. The zero-order valence-corrected chi connectivity index (χ0v) is 20.3. The van der Waals surface area contributed by atoms with Gasteiger partial charge in [-0.05, 0) is 45.1 Å². The molecule has 0 spiro atoms. The lowest BCUT2D eigenvalue weighted by Crippen LogP contribution is -2.39. The van der Waals surface area contributed by atoms with Gasteiger partial charge in [0.15, 0.2) is 0 Å². The van der Waals surface area contributed by atoms with Crippen LogP contribution < -0.4 is 5.32 Å². The van der Waals surface area contributed by atoms with E-state index in [9.17, 15) is 9.59 Å². The molecule has 172 valence electrons. The highest BCUT2D eigenvalue weighted by Gasteiger charge is 2.28. The Morgan fingerprint density at radius 3 is 2.39 bits per heavy atom. The van der Waals surface area contributed by atoms with E-state index in [0.717, 1.165) is 39.5 Å². The SMILES string of the molecule is Cc1ccc(-c2nc(C)c(C(=O)N3CCC(CC(=O)NC(C)c4ccccc4)CC3)s2)cc1. The first-order valence-electron chi connectivity index (χ1n) is 11.6. The van der Waals surface area contributed by atoms with Gasteiger partial charge in [-0.25, -0.2) is 4.98 Å². The minimum Gasteiger partial charge on any atom is -0.350 e. The van der Waals surface area contributed by atoms with Gasteiger partial charge in [-0.3, -0.25) is 9.59 Å². The molecule has 2 amide bonds. The van der Waals surface area contributed by atoms with Crippen LogP contribution in [0.15, 0.2) is 54.6 Å². The number of aryl methyl sites for hydroxylation is 2. The Morgan fingerprint density at radius 2 is 1.73 bits per heavy atom. The summed E-state index contributed by atoms with van der Waals surface area (Å²) in [4.78, 5) is 33.0. The van der Waals surface area contributed by atoms with Crippen molar-refractivity contribution in [2.45, 2.75) is 46.1 Å². The zero-order chi connectivity index (χ0) is 23.4. The van der Waals surface area contributed by atoms with Gasteiger partial charge in [0.2, 0.25) is 5.91 Å². The topological polar surface area (TPSA) is 62.3 Å². The van der Waals surface area contributed by atoms with Crippen molar-refractivity contribution in [1.82, 2.24) is 15.2 Å². The Bertz CT molecular complexity index is 1100. The predicted molar refractivity (Wildman–Crippen MR) is 133 cm³/mol. The Morgan fingerprint density at radius 1 is 1.06 bits per heavy atom. The molecule has 2 heterocycles. The molecule has 0 saturated carbocycles. The van der Waals surface area contributed by atoms with E-state index in [-0.39, 0.29) is 17.9 Å². The molecule has 33 heavy (non-hydrogen) atoms. The van der Waals surface area contributed by atoms with Gasteiger partial charge in [0.1, 0.15) is 9.88 Å². The number of piperidine rings is 1. The zero-order valence-electron chi connectivity index (χ0n) is 19.5. The minimum absolute atomic E-state index is 0.00241. The molecule has 1 saturated heterocycles. The number of carbonyl (C=O) groups excluding carboxylic acids is 2. The molecule has 1 N–H and O–H groups in total. The second-order valence-corrected chi connectivity index (χ2v) is 9.94. The summed E-state index contributed by atoms with van der Waals surface area (Å²) in [5.41, 5.74) is 4.14. The van der Waals surface area contributed by atoms with Gasteiger partial charge < -0.3 is 10.2 Å². The van der Waals surface area contributed by atoms with E-state index in [4.69, 9.17) is 0 Å². The number of carbonyl (C=O) groups is 2. The van der Waals surface area contributed by atoms with E-state index in [1.165, 1.54) is 16.9 Å². The number of thiazole rings is 1. The first-order valence-corrected chi connectivity index (χ1v) is 12.4. The molecule has 5 nitrogen and oxygen atoms in total. The second-order valence-electron chi connectivity index (χ2n) is 8.94. The number of hydrogen-bond acceptors (Lipinski definition) is 4. The van der Waals surface area contributed by atoms with Gasteiger partial charge in [0, 0.05) is 25.1 Å². The molecule has 1 fully saturated rings. The first-order chi connectivity index (χ1) is 15.9. The number of likely N-dealkylation sites (tertiary alicyclic amines) is 1. The van der Waals surface area contributed by atoms with Crippen molar-refractivity contribution in [1.29, 1.82) is 0 Å². The molecule has 0 bridgehead atoms. The van der Waals surface area contributed by atoms with Gasteiger partial charge in [0.25, 0.3) is 5.91 Å². The normalized spacial score (nSPS) is 15.3. The van der Waals surface area contributed by atoms with Gasteiger partial charge in [-0.1, -0.05) is 60.2 Å². The van der Waals surface area contributed by atoms with Gasteiger partial charge in [0.05, 0.1) is 11.7 Å². The maximum atomic E-state index is 13.2. The van der Waals surface area contributed by atoms with Gasteiger partial charge in [-0.15, -0.1) is 11.3 Å². The van der Waals surface area contributed by atoms with Crippen LogP contribution in [0, 0.1) is 19.8 Å². The number of aromatic nitrogens is 1. The first kappa shape index (κ1) is 23.2. The van der Waals surface area contributed by atoms with Gasteiger partial charge in [-0.2, -0.15) is 0 Å². The van der Waals surface area contributed by atoms with Crippen LogP contribution in [-0.4, -0.2) is 34.8 Å². The number of nitrogens with zero attached hydrogens (tertiary/aromatic N) is 2. The quantitative estimate of drug-likeness (QED) is 0.524. The summed E-state index contributed by atoms with van der Waals surface area (Å²) >= 11 is 1.47. The van der Waals surface area contributed by atoms with Gasteiger partial charge >= 0.3 is 0 Å². The van der Waals surface area contributed by atoms with E-state index in [1.807, 2.05) is 49.1 Å². The molecule has 1 aromatic heterocycles. The molecule has 1 aliphatic heterocycles. The lowest BCUT2D eigenvalue weighted by molar-refractivity contribution is -0.122. The Hall–Kier alpha value is -2.99. The lowest BCUT2D eigenvalue weighted by Gasteiger charge is -2.31. The number of nitrogens with one attached hydrogen (secondary N) is 1. The fourth-order valence-electron chi connectivity index (χ4n) is 4.29. The summed E-state index contributed by atoms with van der Waals surface area (Å²) in [6.45, 7) is 7.34. The fourth-order valence-corrected chi connectivity index (χ4v) is 5.33. The van der Waals surface area contributed by atoms with E-state index in [2.05, 4.69) is 41.5 Å².